The van der Waals surface area contributed by atoms with Gasteiger partial charge in [0.15, 0.2) is 0 Å². The number of aryl methyl sites for hydroxylation is 1. The van der Waals surface area contributed by atoms with Crippen LogP contribution < -0.4 is 16.1 Å². The molecule has 0 spiro atoms. The smallest absolute Gasteiger partial charge is 0.331 e. The largest absolute Gasteiger partial charge is 0.357 e. The van der Waals surface area contributed by atoms with E-state index >= 15 is 0 Å². The number of H-pyrrole nitrogens is 1. The summed E-state index contributed by atoms with van der Waals surface area (Å²) in [6.07, 6.45) is 3.36. The first-order valence-electron chi connectivity index (χ1n) is 7.19. The van der Waals surface area contributed by atoms with Crippen molar-refractivity contribution in [1.82, 2.24) is 14.1 Å². The van der Waals surface area contributed by atoms with E-state index < -0.39 is 0 Å². The van der Waals surface area contributed by atoms with Gasteiger partial charge in [-0.05, 0) is 31.0 Å². The minimum Gasteiger partial charge on any atom is -0.357 e. The van der Waals surface area contributed by atoms with E-state index in [1.54, 1.807) is 7.05 Å². The Bertz CT molecular complexity index is 880. The van der Waals surface area contributed by atoms with Gasteiger partial charge >= 0.3 is 5.69 Å². The van der Waals surface area contributed by atoms with E-state index in [4.69, 9.17) is 5.26 Å². The van der Waals surface area contributed by atoms with Gasteiger partial charge in [-0.1, -0.05) is 0 Å². The Kier molecular flexibility index (Phi) is 3.74. The van der Waals surface area contributed by atoms with Crippen LogP contribution in [0.1, 0.15) is 19.3 Å². The predicted octanol–water partition coefficient (Wildman–Crippen LogP) is 1.13. The second-order valence-corrected chi connectivity index (χ2v) is 6.27. The number of fused-ring (bicyclic) bond motifs is 1. The van der Waals surface area contributed by atoms with Gasteiger partial charge in [-0.25, -0.2) is 4.79 Å². The molecule has 1 saturated heterocycles. The summed E-state index contributed by atoms with van der Waals surface area (Å²) in [6, 6.07) is 0. The van der Waals surface area contributed by atoms with Crippen molar-refractivity contribution >= 4 is 28.6 Å². The molecule has 0 unspecified atom stereocenters. The Morgan fingerprint density at radius 2 is 1.82 bits per heavy atom. The Hall–Kier alpha value is -2.14. The molecule has 22 heavy (non-hydrogen) atoms. The molecule has 0 radical (unpaired) electrons. The Balaban J connectivity index is 2.34. The number of thiocyanates is 1. The first-order valence-corrected chi connectivity index (χ1v) is 8.00. The van der Waals surface area contributed by atoms with Crippen molar-refractivity contribution in [2.75, 3.05) is 18.0 Å². The lowest BCUT2D eigenvalue weighted by Crippen LogP contribution is -2.36. The zero-order valence-electron chi connectivity index (χ0n) is 12.5. The van der Waals surface area contributed by atoms with Crippen molar-refractivity contribution in [2.24, 2.45) is 14.1 Å². The number of hydrogen-bond donors (Lipinski definition) is 1. The summed E-state index contributed by atoms with van der Waals surface area (Å²) < 4.78 is 2.51. The van der Waals surface area contributed by atoms with Crippen LogP contribution in [0.4, 0.5) is 5.82 Å². The van der Waals surface area contributed by atoms with E-state index in [1.807, 2.05) is 0 Å². The molecular formula is C14H17N5O2S. The Morgan fingerprint density at radius 3 is 2.45 bits per heavy atom. The normalized spacial score (nSPS) is 15.2. The molecule has 0 atom stereocenters. The topological polar surface area (TPSA) is 86.8 Å². The molecule has 1 fully saturated rings. The highest BCUT2D eigenvalue weighted by atomic mass is 32.2. The van der Waals surface area contributed by atoms with Crippen LogP contribution in [-0.4, -0.2) is 27.2 Å². The number of nitriles is 1. The lowest BCUT2D eigenvalue weighted by atomic mass is 10.1. The van der Waals surface area contributed by atoms with Gasteiger partial charge in [0.05, 0.1) is 10.4 Å². The Labute approximate surface area is 131 Å². The molecule has 0 bridgehead atoms. The van der Waals surface area contributed by atoms with Crippen molar-refractivity contribution in [2.45, 2.75) is 24.2 Å². The number of nitrogens with one attached hydrogen (secondary N) is 1. The molecule has 8 heteroatoms. The fourth-order valence-electron chi connectivity index (χ4n) is 2.99. The van der Waals surface area contributed by atoms with Gasteiger partial charge in [0.2, 0.25) is 0 Å². The van der Waals surface area contributed by atoms with Crippen LogP contribution in [0.25, 0.3) is 11.0 Å². The monoisotopic (exact) mass is 319 g/mol. The molecule has 0 aromatic carbocycles. The van der Waals surface area contributed by atoms with Crippen molar-refractivity contribution in [3.63, 3.8) is 0 Å². The third kappa shape index (κ3) is 2.13. The quantitative estimate of drug-likeness (QED) is 0.662. The average Bonchev–Trinajstić information content (AvgIpc) is 2.92. The number of piperidine rings is 1. The highest BCUT2D eigenvalue weighted by Crippen LogP contribution is 2.36. The molecular weight excluding hydrogens is 302 g/mol. The van der Waals surface area contributed by atoms with E-state index in [2.05, 4.69) is 15.3 Å². The van der Waals surface area contributed by atoms with Gasteiger partial charge in [-0.2, -0.15) is 5.26 Å². The third-order valence-electron chi connectivity index (χ3n) is 4.16. The molecule has 0 saturated carbocycles. The lowest BCUT2D eigenvalue weighted by molar-refractivity contribution is 0.572. The summed E-state index contributed by atoms with van der Waals surface area (Å²) in [4.78, 5) is 30.5. The zero-order chi connectivity index (χ0) is 15.9. The van der Waals surface area contributed by atoms with Crippen molar-refractivity contribution in [1.29, 1.82) is 5.26 Å². The Morgan fingerprint density at radius 1 is 1.14 bits per heavy atom. The van der Waals surface area contributed by atoms with Gasteiger partial charge in [-0.3, -0.25) is 13.9 Å². The van der Waals surface area contributed by atoms with Gasteiger partial charge in [0.1, 0.15) is 16.7 Å². The molecule has 2 aromatic rings. The molecule has 3 heterocycles. The number of rotatable bonds is 2. The van der Waals surface area contributed by atoms with Gasteiger partial charge in [0.25, 0.3) is 5.56 Å². The van der Waals surface area contributed by atoms with Crippen LogP contribution in [0.2, 0.25) is 0 Å². The fourth-order valence-corrected chi connectivity index (χ4v) is 3.70. The van der Waals surface area contributed by atoms with E-state index in [9.17, 15) is 9.59 Å². The summed E-state index contributed by atoms with van der Waals surface area (Å²) in [7, 11) is 3.09. The van der Waals surface area contributed by atoms with Crippen molar-refractivity contribution in [3.05, 3.63) is 20.8 Å². The van der Waals surface area contributed by atoms with Crippen LogP contribution in [0, 0.1) is 10.7 Å². The summed E-state index contributed by atoms with van der Waals surface area (Å²) in [5, 5.41) is 11.2. The van der Waals surface area contributed by atoms with Gasteiger partial charge in [0, 0.05) is 27.2 Å². The summed E-state index contributed by atoms with van der Waals surface area (Å²) >= 11 is 0.994. The third-order valence-corrected chi connectivity index (χ3v) is 4.84. The summed E-state index contributed by atoms with van der Waals surface area (Å²) in [6.45, 7) is 1.78. The molecule has 1 N–H and O–H groups in total. The molecule has 116 valence electrons. The van der Waals surface area contributed by atoms with Gasteiger partial charge in [-0.15, -0.1) is 0 Å². The molecule has 3 rings (SSSR count). The maximum Gasteiger partial charge on any atom is 0.331 e. The maximum absolute atomic E-state index is 12.4. The standard InChI is InChI=1S/C14H17N5O2S/c1-17-10-9(13(20)18(2)14(17)21)16-12(11(10)22-8-15)19-6-4-3-5-7-19/h16H,3-7H2,1-2H3. The van der Waals surface area contributed by atoms with Crippen molar-refractivity contribution in [3.8, 4) is 5.40 Å². The molecule has 0 aliphatic carbocycles. The fraction of sp³-hybridized carbons (Fsp3) is 0.500. The number of aromatic amines is 1. The summed E-state index contributed by atoms with van der Waals surface area (Å²) in [5.74, 6) is 0.777. The number of thioether (sulfide) groups is 1. The highest BCUT2D eigenvalue weighted by Gasteiger charge is 2.24. The van der Waals surface area contributed by atoms with Crippen LogP contribution in [-0.2, 0) is 14.1 Å². The van der Waals surface area contributed by atoms with Crippen LogP contribution in [0.5, 0.6) is 0 Å². The van der Waals surface area contributed by atoms with Crippen molar-refractivity contribution < 1.29 is 0 Å². The second-order valence-electron chi connectivity index (χ2n) is 5.47. The van der Waals surface area contributed by atoms with Crippen LogP contribution in [0.15, 0.2) is 14.5 Å². The molecule has 1 aliphatic heterocycles. The molecule has 0 amide bonds. The van der Waals surface area contributed by atoms with Gasteiger partial charge < -0.3 is 9.88 Å². The minimum atomic E-state index is -0.388. The van der Waals surface area contributed by atoms with E-state index in [0.717, 1.165) is 48.1 Å². The highest BCUT2D eigenvalue weighted by molar-refractivity contribution is 8.04. The minimum absolute atomic E-state index is 0.360. The van der Waals surface area contributed by atoms with Crippen LogP contribution in [0.3, 0.4) is 0 Å². The zero-order valence-corrected chi connectivity index (χ0v) is 13.4. The number of hydrogen-bond acceptors (Lipinski definition) is 5. The SMILES string of the molecule is Cn1c(=O)c2[nH]c(N3CCCCC3)c(SC#N)c2n(C)c1=O. The number of nitrogens with zero attached hydrogens (tertiary/aromatic N) is 4. The number of anilines is 1. The first-order chi connectivity index (χ1) is 10.6. The molecule has 7 nitrogen and oxygen atoms in total. The predicted molar refractivity (Wildman–Crippen MR) is 86.3 cm³/mol. The maximum atomic E-state index is 12.4. The average molecular weight is 319 g/mol. The van der Waals surface area contributed by atoms with Crippen LogP contribution >= 0.6 is 11.8 Å². The number of aromatic nitrogens is 3. The van der Waals surface area contributed by atoms with E-state index in [-0.39, 0.29) is 11.2 Å². The second kappa shape index (κ2) is 5.57. The lowest BCUT2D eigenvalue weighted by Gasteiger charge is -2.28. The molecule has 2 aromatic heterocycles. The molecule has 1 aliphatic rings. The summed E-state index contributed by atoms with van der Waals surface area (Å²) in [5.41, 5.74) is 0.144. The first kappa shape index (κ1) is 14.8. The van der Waals surface area contributed by atoms with E-state index in [1.165, 1.54) is 18.0 Å². The van der Waals surface area contributed by atoms with E-state index in [0.29, 0.717) is 15.9 Å².